The highest BCUT2D eigenvalue weighted by molar-refractivity contribution is 5.87. The Kier molecular flexibility index (Phi) is 5.73. The van der Waals surface area contributed by atoms with Crippen LogP contribution in [0.5, 0.6) is 0 Å². The summed E-state index contributed by atoms with van der Waals surface area (Å²) in [6, 6.07) is 15.4. The Morgan fingerprint density at radius 2 is 1.71 bits per heavy atom. The molecule has 0 aliphatic carbocycles. The summed E-state index contributed by atoms with van der Waals surface area (Å²) in [6.45, 7) is 5.23. The molecule has 4 heteroatoms. The van der Waals surface area contributed by atoms with Crippen molar-refractivity contribution in [1.29, 1.82) is 0 Å². The lowest BCUT2D eigenvalue weighted by Gasteiger charge is -2.27. The Bertz CT molecular complexity index is 685. The van der Waals surface area contributed by atoms with E-state index in [0.717, 1.165) is 5.56 Å². The third-order valence-corrected chi connectivity index (χ3v) is 4.25. The van der Waals surface area contributed by atoms with Crippen LogP contribution in [-0.4, -0.2) is 17.1 Å². The lowest BCUT2D eigenvalue weighted by atomic mass is 9.83. The molecule has 0 bridgehead atoms. The number of nitrogens with one attached hydrogen (secondary N) is 1. The number of aliphatic hydroxyl groups excluding tert-OH is 1. The summed E-state index contributed by atoms with van der Waals surface area (Å²) in [6.07, 6.45) is -0.263. The van der Waals surface area contributed by atoms with Crippen LogP contribution in [0.2, 0.25) is 0 Å². The molecule has 0 fully saturated rings. The van der Waals surface area contributed by atoms with Crippen molar-refractivity contribution in [1.82, 2.24) is 5.32 Å². The van der Waals surface area contributed by atoms with Crippen molar-refractivity contribution in [2.75, 3.05) is 0 Å². The van der Waals surface area contributed by atoms with Crippen molar-refractivity contribution >= 4 is 5.91 Å². The van der Waals surface area contributed by atoms with Crippen molar-refractivity contribution < 1.29 is 14.3 Å². The quantitative estimate of drug-likeness (QED) is 0.848. The van der Waals surface area contributed by atoms with Gasteiger partial charge < -0.3 is 10.4 Å². The molecule has 0 heterocycles. The van der Waals surface area contributed by atoms with Crippen LogP contribution in [0, 0.1) is 5.82 Å². The number of benzene rings is 2. The standard InChI is InChI=1S/C20H24FNO2/c1-14(13-18(23)15-9-5-4-6-10-15)22-19(24)20(2,3)16-11-7-8-12-17(16)21/h4-12,14,18,23H,13H2,1-3H3,(H,22,24). The van der Waals surface area contributed by atoms with Crippen LogP contribution in [0.25, 0.3) is 0 Å². The Hall–Kier alpha value is -2.20. The third-order valence-electron chi connectivity index (χ3n) is 4.25. The number of hydrogen-bond donors (Lipinski definition) is 2. The molecule has 0 aromatic heterocycles. The maximum atomic E-state index is 14.0. The molecular formula is C20H24FNO2. The fraction of sp³-hybridized carbons (Fsp3) is 0.350. The molecule has 3 nitrogen and oxygen atoms in total. The monoisotopic (exact) mass is 329 g/mol. The summed E-state index contributed by atoms with van der Waals surface area (Å²) in [5, 5.41) is 13.1. The van der Waals surface area contributed by atoms with Crippen LogP contribution in [0.3, 0.4) is 0 Å². The van der Waals surface area contributed by atoms with E-state index in [1.54, 1.807) is 32.0 Å². The molecule has 128 valence electrons. The van der Waals surface area contributed by atoms with Gasteiger partial charge in [0.25, 0.3) is 0 Å². The Morgan fingerprint density at radius 3 is 2.33 bits per heavy atom. The summed E-state index contributed by atoms with van der Waals surface area (Å²) >= 11 is 0. The molecular weight excluding hydrogens is 305 g/mol. The second-order valence-corrected chi connectivity index (χ2v) is 6.64. The lowest BCUT2D eigenvalue weighted by Crippen LogP contribution is -2.45. The first-order chi connectivity index (χ1) is 11.3. The van der Waals surface area contributed by atoms with E-state index in [9.17, 15) is 14.3 Å². The van der Waals surface area contributed by atoms with Crippen LogP contribution in [0.1, 0.15) is 44.4 Å². The first kappa shape index (κ1) is 18.1. The molecule has 0 saturated carbocycles. The van der Waals surface area contributed by atoms with Crippen LogP contribution < -0.4 is 5.32 Å². The zero-order chi connectivity index (χ0) is 17.7. The minimum absolute atomic E-state index is 0.237. The van der Waals surface area contributed by atoms with E-state index in [4.69, 9.17) is 0 Å². The average molecular weight is 329 g/mol. The Morgan fingerprint density at radius 1 is 1.12 bits per heavy atom. The van der Waals surface area contributed by atoms with Crippen LogP contribution in [-0.2, 0) is 10.2 Å². The van der Waals surface area contributed by atoms with E-state index in [2.05, 4.69) is 5.32 Å². The summed E-state index contributed by atoms with van der Waals surface area (Å²) in [5.74, 6) is -0.657. The van der Waals surface area contributed by atoms with Crippen molar-refractivity contribution in [2.24, 2.45) is 0 Å². The Labute approximate surface area is 142 Å². The van der Waals surface area contributed by atoms with E-state index in [1.165, 1.54) is 6.07 Å². The maximum absolute atomic E-state index is 14.0. The van der Waals surface area contributed by atoms with Gasteiger partial charge in [0.15, 0.2) is 0 Å². The van der Waals surface area contributed by atoms with Crippen molar-refractivity contribution in [3.63, 3.8) is 0 Å². The van der Waals surface area contributed by atoms with Gasteiger partial charge in [-0.15, -0.1) is 0 Å². The minimum atomic E-state index is -0.989. The van der Waals surface area contributed by atoms with Gasteiger partial charge in [-0.2, -0.15) is 0 Å². The van der Waals surface area contributed by atoms with Crippen LogP contribution in [0.4, 0.5) is 4.39 Å². The molecule has 0 aliphatic heterocycles. The predicted molar refractivity (Wildman–Crippen MR) is 93.0 cm³/mol. The number of amides is 1. The van der Waals surface area contributed by atoms with Crippen molar-refractivity contribution in [2.45, 2.75) is 44.8 Å². The first-order valence-corrected chi connectivity index (χ1v) is 8.11. The SMILES string of the molecule is CC(CC(O)c1ccccc1)NC(=O)C(C)(C)c1ccccc1F. The topological polar surface area (TPSA) is 49.3 Å². The minimum Gasteiger partial charge on any atom is -0.388 e. The van der Waals surface area contributed by atoms with Gasteiger partial charge in [-0.25, -0.2) is 4.39 Å². The fourth-order valence-corrected chi connectivity index (χ4v) is 2.70. The molecule has 2 rings (SSSR count). The average Bonchev–Trinajstić information content (AvgIpc) is 2.55. The molecule has 2 atom stereocenters. The second kappa shape index (κ2) is 7.58. The lowest BCUT2D eigenvalue weighted by molar-refractivity contribution is -0.126. The molecule has 1 amide bonds. The zero-order valence-electron chi connectivity index (χ0n) is 14.3. The van der Waals surface area contributed by atoms with Gasteiger partial charge in [0.2, 0.25) is 5.91 Å². The van der Waals surface area contributed by atoms with E-state index in [0.29, 0.717) is 12.0 Å². The number of carbonyl (C=O) groups excluding carboxylic acids is 1. The van der Waals surface area contributed by atoms with Gasteiger partial charge in [0.1, 0.15) is 5.82 Å². The molecule has 0 saturated heterocycles. The fourth-order valence-electron chi connectivity index (χ4n) is 2.70. The highest BCUT2D eigenvalue weighted by Crippen LogP contribution is 2.26. The van der Waals surface area contributed by atoms with E-state index in [1.807, 2.05) is 37.3 Å². The van der Waals surface area contributed by atoms with E-state index >= 15 is 0 Å². The van der Waals surface area contributed by atoms with Gasteiger partial charge in [-0.1, -0.05) is 48.5 Å². The highest BCUT2D eigenvalue weighted by Gasteiger charge is 2.33. The van der Waals surface area contributed by atoms with Gasteiger partial charge in [-0.05, 0) is 38.8 Å². The van der Waals surface area contributed by atoms with Crippen molar-refractivity contribution in [3.05, 3.63) is 71.5 Å². The number of aliphatic hydroxyl groups is 1. The summed E-state index contributed by atoms with van der Waals surface area (Å²) in [5.41, 5.74) is 0.183. The summed E-state index contributed by atoms with van der Waals surface area (Å²) < 4.78 is 14.0. The first-order valence-electron chi connectivity index (χ1n) is 8.11. The van der Waals surface area contributed by atoms with Gasteiger partial charge in [0.05, 0.1) is 11.5 Å². The van der Waals surface area contributed by atoms with E-state index in [-0.39, 0.29) is 11.9 Å². The van der Waals surface area contributed by atoms with E-state index < -0.39 is 17.3 Å². The molecule has 0 aliphatic rings. The molecule has 0 radical (unpaired) electrons. The molecule has 2 aromatic rings. The van der Waals surface area contributed by atoms with Crippen LogP contribution >= 0.6 is 0 Å². The number of rotatable bonds is 6. The smallest absolute Gasteiger partial charge is 0.230 e. The maximum Gasteiger partial charge on any atom is 0.230 e. The zero-order valence-corrected chi connectivity index (χ0v) is 14.3. The van der Waals surface area contributed by atoms with Gasteiger partial charge >= 0.3 is 0 Å². The number of hydrogen-bond acceptors (Lipinski definition) is 2. The Balaban J connectivity index is 2.02. The number of halogens is 1. The van der Waals surface area contributed by atoms with Gasteiger partial charge in [-0.3, -0.25) is 4.79 Å². The highest BCUT2D eigenvalue weighted by atomic mass is 19.1. The molecule has 24 heavy (non-hydrogen) atoms. The molecule has 2 unspecified atom stereocenters. The predicted octanol–water partition coefficient (Wildman–Crippen LogP) is 3.73. The number of carbonyl (C=O) groups is 1. The normalized spacial score (nSPS) is 14.0. The second-order valence-electron chi connectivity index (χ2n) is 6.64. The largest absolute Gasteiger partial charge is 0.388 e. The van der Waals surface area contributed by atoms with Gasteiger partial charge in [0, 0.05) is 11.6 Å². The molecule has 2 aromatic carbocycles. The third kappa shape index (κ3) is 4.20. The van der Waals surface area contributed by atoms with Crippen molar-refractivity contribution in [3.8, 4) is 0 Å². The summed E-state index contributed by atoms with van der Waals surface area (Å²) in [4.78, 5) is 12.6. The van der Waals surface area contributed by atoms with Crippen LogP contribution in [0.15, 0.2) is 54.6 Å². The molecule has 2 N–H and O–H groups in total. The molecule has 0 spiro atoms. The summed E-state index contributed by atoms with van der Waals surface area (Å²) in [7, 11) is 0.